The van der Waals surface area contributed by atoms with Crippen LogP contribution in [-0.4, -0.2) is 73.3 Å². The first kappa shape index (κ1) is 24.3. The van der Waals surface area contributed by atoms with Crippen molar-refractivity contribution in [2.24, 2.45) is 7.05 Å². The van der Waals surface area contributed by atoms with Crippen LogP contribution in [0.2, 0.25) is 0 Å². The smallest absolute Gasteiger partial charge is 0.212 e. The zero-order valence-electron chi connectivity index (χ0n) is 21.2. The number of hydrogen-bond acceptors (Lipinski definition) is 8. The molecule has 3 aromatic heterocycles. The molecule has 2 fully saturated rings. The second kappa shape index (κ2) is 9.68. The first-order chi connectivity index (χ1) is 18.1. The van der Waals surface area contributed by atoms with Crippen LogP contribution in [0.5, 0.6) is 5.75 Å². The molecule has 0 saturated carbocycles. The van der Waals surface area contributed by atoms with Crippen molar-refractivity contribution in [3.8, 4) is 17.0 Å². The molecule has 196 valence electrons. The normalized spacial score (nSPS) is 22.8. The van der Waals surface area contributed by atoms with Crippen LogP contribution in [0.25, 0.3) is 22.2 Å². The second-order valence-electron chi connectivity index (χ2n) is 10.0. The van der Waals surface area contributed by atoms with Gasteiger partial charge in [-0.25, -0.2) is 9.97 Å². The molecule has 1 spiro atoms. The molecule has 0 aliphatic carbocycles. The Labute approximate surface area is 215 Å². The van der Waals surface area contributed by atoms with Crippen LogP contribution in [0.3, 0.4) is 0 Å². The lowest BCUT2D eigenvalue weighted by molar-refractivity contribution is -0.110. The summed E-state index contributed by atoms with van der Waals surface area (Å²) in [4.78, 5) is 20.6. The van der Waals surface area contributed by atoms with Crippen molar-refractivity contribution < 1.29 is 28.5 Å². The highest BCUT2D eigenvalue weighted by Crippen LogP contribution is 2.44. The fourth-order valence-corrected chi connectivity index (χ4v) is 5.68. The Morgan fingerprint density at radius 1 is 1.16 bits per heavy atom. The van der Waals surface area contributed by atoms with Crippen molar-refractivity contribution in [1.82, 2.24) is 14.5 Å². The standard InChI is InChI=1S/C27H32N4O6/c1-31-14-20(19-11-24(29-17-32)28-13-22(19)31)21-12-23(36-15-26(33-2)4-8-34-9-5-26)18-3-7-37-27(25(18)30-21)6-10-35-16-27/h11-14,17H,3-10,15-16H2,1-2H3,(H,28,29,32). The minimum atomic E-state index is -0.574. The maximum absolute atomic E-state index is 11.0. The highest BCUT2D eigenvalue weighted by molar-refractivity contribution is 5.97. The molecule has 10 heteroatoms. The molecule has 1 atom stereocenters. The monoisotopic (exact) mass is 508 g/mol. The molecule has 6 heterocycles. The molecule has 2 saturated heterocycles. The maximum atomic E-state index is 11.0. The number of nitrogens with zero attached hydrogens (tertiary/aromatic N) is 3. The number of hydrogen-bond donors (Lipinski definition) is 1. The van der Waals surface area contributed by atoms with Gasteiger partial charge in [-0.05, 0) is 6.07 Å². The van der Waals surface area contributed by atoms with E-state index < -0.39 is 5.60 Å². The average molecular weight is 509 g/mol. The SMILES string of the molecule is COC1(COc2cc(-c3cn(C)c4cnc(NC=O)cc34)nc3c2CCOC32CCOC2)CCOCC1. The lowest BCUT2D eigenvalue weighted by atomic mass is 9.89. The van der Waals surface area contributed by atoms with Gasteiger partial charge in [-0.1, -0.05) is 0 Å². The molecule has 37 heavy (non-hydrogen) atoms. The molecule has 1 amide bonds. The third kappa shape index (κ3) is 4.27. The number of methoxy groups -OCH3 is 1. The van der Waals surface area contributed by atoms with Gasteiger partial charge >= 0.3 is 0 Å². The van der Waals surface area contributed by atoms with Crippen LogP contribution in [-0.2, 0) is 42.8 Å². The van der Waals surface area contributed by atoms with Gasteiger partial charge in [0.15, 0.2) is 0 Å². The Bertz CT molecular complexity index is 1310. The molecule has 6 rings (SSSR count). The summed E-state index contributed by atoms with van der Waals surface area (Å²) < 4.78 is 32.2. The van der Waals surface area contributed by atoms with E-state index in [2.05, 4.69) is 10.3 Å². The van der Waals surface area contributed by atoms with Gasteiger partial charge in [0, 0.05) is 88.4 Å². The highest BCUT2D eigenvalue weighted by atomic mass is 16.6. The number of rotatable bonds is 7. The van der Waals surface area contributed by atoms with Crippen LogP contribution in [0.15, 0.2) is 24.5 Å². The summed E-state index contributed by atoms with van der Waals surface area (Å²) in [5.41, 5.74) is 3.64. The van der Waals surface area contributed by atoms with Crippen molar-refractivity contribution >= 4 is 23.1 Å². The molecule has 0 radical (unpaired) electrons. The lowest BCUT2D eigenvalue weighted by Gasteiger charge is -2.37. The second-order valence-corrected chi connectivity index (χ2v) is 10.0. The number of anilines is 1. The van der Waals surface area contributed by atoms with E-state index in [1.165, 1.54) is 0 Å². The van der Waals surface area contributed by atoms with Gasteiger partial charge < -0.3 is 33.6 Å². The highest BCUT2D eigenvalue weighted by Gasteiger charge is 2.45. The van der Waals surface area contributed by atoms with Gasteiger partial charge in [0.05, 0.1) is 36.3 Å². The van der Waals surface area contributed by atoms with E-state index in [-0.39, 0.29) is 5.60 Å². The zero-order valence-corrected chi connectivity index (χ0v) is 21.2. The van der Waals surface area contributed by atoms with E-state index >= 15 is 0 Å². The Balaban J connectivity index is 1.47. The van der Waals surface area contributed by atoms with Gasteiger partial charge in [-0.2, -0.15) is 0 Å². The van der Waals surface area contributed by atoms with E-state index in [9.17, 15) is 4.79 Å². The quantitative estimate of drug-likeness (QED) is 0.486. The summed E-state index contributed by atoms with van der Waals surface area (Å²) in [7, 11) is 3.72. The number of amides is 1. The van der Waals surface area contributed by atoms with Gasteiger partial charge in [0.1, 0.15) is 29.4 Å². The number of carbonyl (C=O) groups is 1. The molecular formula is C27H32N4O6. The number of aromatic nitrogens is 3. The Kier molecular flexibility index (Phi) is 6.36. The molecule has 0 bridgehead atoms. The van der Waals surface area contributed by atoms with E-state index in [0.717, 1.165) is 64.9 Å². The minimum Gasteiger partial charge on any atom is -0.490 e. The van der Waals surface area contributed by atoms with E-state index in [1.54, 1.807) is 13.3 Å². The van der Waals surface area contributed by atoms with Crippen molar-refractivity contribution in [2.45, 2.75) is 36.9 Å². The lowest BCUT2D eigenvalue weighted by Crippen LogP contribution is -2.44. The molecule has 10 nitrogen and oxygen atoms in total. The zero-order chi connectivity index (χ0) is 25.5. The number of carbonyl (C=O) groups excluding carboxylic acids is 1. The van der Waals surface area contributed by atoms with Crippen molar-refractivity contribution in [3.05, 3.63) is 35.8 Å². The summed E-state index contributed by atoms with van der Waals surface area (Å²) in [6.07, 6.45) is 7.46. The third-order valence-electron chi connectivity index (χ3n) is 7.92. The molecule has 3 aliphatic heterocycles. The Morgan fingerprint density at radius 2 is 2.00 bits per heavy atom. The Hall–Kier alpha value is -3.05. The predicted octanol–water partition coefficient (Wildman–Crippen LogP) is 2.97. The topological polar surface area (TPSA) is 106 Å². The summed E-state index contributed by atoms with van der Waals surface area (Å²) in [6, 6.07) is 3.89. The largest absolute Gasteiger partial charge is 0.490 e. The first-order valence-corrected chi connectivity index (χ1v) is 12.7. The Morgan fingerprint density at radius 3 is 2.76 bits per heavy atom. The van der Waals surface area contributed by atoms with Crippen molar-refractivity contribution in [1.29, 1.82) is 0 Å². The number of pyridine rings is 2. The molecule has 1 unspecified atom stereocenters. The molecule has 0 aromatic carbocycles. The fraction of sp³-hybridized carbons (Fsp3) is 0.519. The number of ether oxygens (including phenoxy) is 5. The van der Waals surface area contributed by atoms with Gasteiger partial charge in [-0.3, -0.25) is 4.79 Å². The minimum absolute atomic E-state index is 0.381. The first-order valence-electron chi connectivity index (χ1n) is 12.7. The molecule has 1 N–H and O–H groups in total. The van der Waals surface area contributed by atoms with Crippen LogP contribution in [0, 0.1) is 0 Å². The van der Waals surface area contributed by atoms with Gasteiger partial charge in [0.25, 0.3) is 0 Å². The molecule has 3 aliphatic rings. The summed E-state index contributed by atoms with van der Waals surface area (Å²) in [6.45, 7) is 3.45. The average Bonchev–Trinajstić information content (AvgIpc) is 3.53. The number of nitrogens with one attached hydrogen (secondary N) is 1. The van der Waals surface area contributed by atoms with Crippen LogP contribution in [0.1, 0.15) is 30.5 Å². The summed E-state index contributed by atoms with van der Waals surface area (Å²) in [5, 5.41) is 3.59. The molecule has 3 aromatic rings. The fourth-order valence-electron chi connectivity index (χ4n) is 5.68. The van der Waals surface area contributed by atoms with E-state index in [1.807, 2.05) is 29.9 Å². The van der Waals surface area contributed by atoms with Gasteiger partial charge in [0.2, 0.25) is 6.41 Å². The summed E-state index contributed by atoms with van der Waals surface area (Å²) >= 11 is 0. The van der Waals surface area contributed by atoms with Crippen LogP contribution >= 0.6 is 0 Å². The maximum Gasteiger partial charge on any atom is 0.212 e. The third-order valence-corrected chi connectivity index (χ3v) is 7.92. The van der Waals surface area contributed by atoms with E-state index in [4.69, 9.17) is 28.7 Å². The van der Waals surface area contributed by atoms with E-state index in [0.29, 0.717) is 51.9 Å². The number of fused-ring (bicyclic) bond motifs is 3. The van der Waals surface area contributed by atoms with Gasteiger partial charge in [-0.15, -0.1) is 0 Å². The predicted molar refractivity (Wildman–Crippen MR) is 136 cm³/mol. The molecular weight excluding hydrogens is 476 g/mol. The number of aryl methyl sites for hydroxylation is 1. The van der Waals surface area contributed by atoms with Crippen LogP contribution < -0.4 is 10.1 Å². The summed E-state index contributed by atoms with van der Waals surface area (Å²) in [5.74, 6) is 1.28. The van der Waals surface area contributed by atoms with Crippen molar-refractivity contribution in [3.63, 3.8) is 0 Å². The van der Waals surface area contributed by atoms with Crippen LogP contribution in [0.4, 0.5) is 5.82 Å². The van der Waals surface area contributed by atoms with Crippen molar-refractivity contribution in [2.75, 3.05) is 52.1 Å².